The fraction of sp³-hybridized carbons (Fsp3) is 0.625. The highest BCUT2D eigenvalue weighted by molar-refractivity contribution is 6.30. The molecule has 0 aliphatic rings. The first-order valence-electron chi connectivity index (χ1n) is 7.25. The molecule has 0 spiro atoms. The summed E-state index contributed by atoms with van der Waals surface area (Å²) >= 11 is 5.92. The predicted octanol–water partition coefficient (Wildman–Crippen LogP) is 4.96. The minimum Gasteiger partial charge on any atom is -0.434 e. The normalized spacial score (nSPS) is 12.0. The lowest BCUT2D eigenvalue weighted by Gasteiger charge is -2.25. The molecule has 0 fully saturated rings. The summed E-state index contributed by atoms with van der Waals surface area (Å²) < 4.78 is 29.3. The van der Waals surface area contributed by atoms with Gasteiger partial charge in [-0.1, -0.05) is 39.3 Å². The monoisotopic (exact) mass is 319 g/mol. The minimum absolute atomic E-state index is 0.174. The van der Waals surface area contributed by atoms with Crippen LogP contribution in [0.1, 0.15) is 33.3 Å². The second-order valence-corrected chi connectivity index (χ2v) is 6.35. The molecule has 0 saturated carbocycles. The lowest BCUT2D eigenvalue weighted by Crippen LogP contribution is -2.29. The number of ether oxygens (including phenoxy) is 1. The Balaban J connectivity index is 2.67. The topological polar surface area (TPSA) is 21.3 Å². The van der Waals surface area contributed by atoms with Gasteiger partial charge in [-0.15, -0.1) is 0 Å². The van der Waals surface area contributed by atoms with E-state index in [1.54, 1.807) is 12.1 Å². The molecule has 0 atom stereocenters. The van der Waals surface area contributed by atoms with E-state index >= 15 is 0 Å². The number of hydrogen-bond donors (Lipinski definition) is 1. The summed E-state index contributed by atoms with van der Waals surface area (Å²) in [6.45, 7) is 7.22. The molecule has 0 heterocycles. The summed E-state index contributed by atoms with van der Waals surface area (Å²) in [6, 6.07) is 4.69. The van der Waals surface area contributed by atoms with Gasteiger partial charge in [-0.05, 0) is 42.5 Å². The van der Waals surface area contributed by atoms with E-state index in [0.29, 0.717) is 34.9 Å². The molecular formula is C16H24ClF2NO. The van der Waals surface area contributed by atoms with Gasteiger partial charge in [-0.3, -0.25) is 0 Å². The lowest BCUT2D eigenvalue weighted by molar-refractivity contribution is -0.0505. The maximum atomic E-state index is 12.4. The summed E-state index contributed by atoms with van der Waals surface area (Å²) in [5.74, 6) is 1.83. The number of hydrogen-bond acceptors (Lipinski definition) is 2. The third-order valence-corrected chi connectivity index (χ3v) is 3.88. The predicted molar refractivity (Wildman–Crippen MR) is 83.0 cm³/mol. The van der Waals surface area contributed by atoms with Gasteiger partial charge < -0.3 is 10.1 Å². The standard InChI is InChI=1S/C16H24ClF2NO/c1-10(2)14(11(3)4)9-20-8-12-7-13(17)5-6-15(12)21-16(18)19/h5-7,10-11,14,16,20H,8-9H2,1-4H3. The van der Waals surface area contributed by atoms with Gasteiger partial charge in [0, 0.05) is 17.1 Å². The maximum absolute atomic E-state index is 12.4. The highest BCUT2D eigenvalue weighted by Crippen LogP contribution is 2.25. The average Bonchev–Trinajstić information content (AvgIpc) is 2.36. The van der Waals surface area contributed by atoms with Crippen LogP contribution >= 0.6 is 11.6 Å². The van der Waals surface area contributed by atoms with Crippen LogP contribution in [0.4, 0.5) is 8.78 Å². The summed E-state index contributed by atoms with van der Waals surface area (Å²) in [7, 11) is 0. The quantitative estimate of drug-likeness (QED) is 0.731. The molecule has 2 nitrogen and oxygen atoms in total. The van der Waals surface area contributed by atoms with Crippen LogP contribution in [-0.4, -0.2) is 13.2 Å². The van der Waals surface area contributed by atoms with E-state index in [0.717, 1.165) is 6.54 Å². The molecule has 0 aliphatic carbocycles. The summed E-state index contributed by atoms with van der Waals surface area (Å²) in [5.41, 5.74) is 0.647. The molecule has 120 valence electrons. The zero-order chi connectivity index (χ0) is 16.0. The van der Waals surface area contributed by atoms with Gasteiger partial charge in [0.2, 0.25) is 0 Å². The third kappa shape index (κ3) is 6.18. The van der Waals surface area contributed by atoms with Crippen molar-refractivity contribution in [3.05, 3.63) is 28.8 Å². The van der Waals surface area contributed by atoms with Gasteiger partial charge in [0.05, 0.1) is 0 Å². The van der Waals surface area contributed by atoms with E-state index in [-0.39, 0.29) is 5.75 Å². The second-order valence-electron chi connectivity index (χ2n) is 5.91. The molecule has 21 heavy (non-hydrogen) atoms. The van der Waals surface area contributed by atoms with Crippen molar-refractivity contribution < 1.29 is 13.5 Å². The highest BCUT2D eigenvalue weighted by Gasteiger charge is 2.17. The van der Waals surface area contributed by atoms with E-state index in [4.69, 9.17) is 11.6 Å². The number of alkyl halides is 2. The Morgan fingerprint density at radius 3 is 2.29 bits per heavy atom. The van der Waals surface area contributed by atoms with E-state index in [1.165, 1.54) is 6.07 Å². The van der Waals surface area contributed by atoms with Crippen LogP contribution in [0.3, 0.4) is 0 Å². The van der Waals surface area contributed by atoms with Crippen LogP contribution in [0.25, 0.3) is 0 Å². The molecule has 5 heteroatoms. The molecule has 1 rings (SSSR count). The highest BCUT2D eigenvalue weighted by atomic mass is 35.5. The van der Waals surface area contributed by atoms with Crippen LogP contribution in [0.15, 0.2) is 18.2 Å². The van der Waals surface area contributed by atoms with Crippen molar-refractivity contribution in [3.63, 3.8) is 0 Å². The Morgan fingerprint density at radius 2 is 1.76 bits per heavy atom. The maximum Gasteiger partial charge on any atom is 0.387 e. The first-order chi connectivity index (χ1) is 9.81. The van der Waals surface area contributed by atoms with Crippen molar-refractivity contribution in [1.29, 1.82) is 0 Å². The zero-order valence-corrected chi connectivity index (χ0v) is 13.8. The third-order valence-electron chi connectivity index (χ3n) is 3.65. The fourth-order valence-electron chi connectivity index (χ4n) is 2.51. The largest absolute Gasteiger partial charge is 0.434 e. The summed E-state index contributed by atoms with van der Waals surface area (Å²) in [4.78, 5) is 0. The fourth-order valence-corrected chi connectivity index (χ4v) is 2.71. The van der Waals surface area contributed by atoms with Crippen LogP contribution in [0.5, 0.6) is 5.75 Å². The van der Waals surface area contributed by atoms with Crippen LogP contribution in [0, 0.1) is 17.8 Å². The van der Waals surface area contributed by atoms with E-state index in [9.17, 15) is 8.78 Å². The SMILES string of the molecule is CC(C)C(CNCc1cc(Cl)ccc1OC(F)F)C(C)C. The molecule has 0 aliphatic heterocycles. The zero-order valence-electron chi connectivity index (χ0n) is 13.0. The summed E-state index contributed by atoms with van der Waals surface area (Å²) in [6.07, 6.45) is 0. The Hall–Kier alpha value is -0.870. The first kappa shape index (κ1) is 18.2. The Kier molecular flexibility index (Phi) is 7.40. The number of rotatable bonds is 8. The van der Waals surface area contributed by atoms with Gasteiger partial charge in [-0.2, -0.15) is 8.78 Å². The molecule has 1 aromatic rings. The Bertz CT molecular complexity index is 430. The van der Waals surface area contributed by atoms with E-state index < -0.39 is 6.61 Å². The van der Waals surface area contributed by atoms with Crippen molar-refractivity contribution in [3.8, 4) is 5.75 Å². The van der Waals surface area contributed by atoms with Crippen molar-refractivity contribution in [1.82, 2.24) is 5.32 Å². The van der Waals surface area contributed by atoms with Crippen LogP contribution < -0.4 is 10.1 Å². The van der Waals surface area contributed by atoms with Gasteiger partial charge in [-0.25, -0.2) is 0 Å². The molecule has 0 aromatic heterocycles. The van der Waals surface area contributed by atoms with Gasteiger partial charge in [0.1, 0.15) is 5.75 Å². The Morgan fingerprint density at radius 1 is 1.14 bits per heavy atom. The van der Waals surface area contributed by atoms with Crippen molar-refractivity contribution in [2.75, 3.05) is 6.54 Å². The van der Waals surface area contributed by atoms with Gasteiger partial charge >= 0.3 is 6.61 Å². The number of nitrogens with one attached hydrogen (secondary N) is 1. The van der Waals surface area contributed by atoms with Crippen molar-refractivity contribution >= 4 is 11.6 Å². The van der Waals surface area contributed by atoms with Gasteiger partial charge in [0.15, 0.2) is 0 Å². The second kappa shape index (κ2) is 8.54. The van der Waals surface area contributed by atoms with E-state index in [2.05, 4.69) is 37.7 Å². The van der Waals surface area contributed by atoms with Crippen LogP contribution in [0.2, 0.25) is 5.02 Å². The minimum atomic E-state index is -2.83. The Labute approximate surface area is 130 Å². The van der Waals surface area contributed by atoms with Crippen molar-refractivity contribution in [2.45, 2.75) is 40.9 Å². The lowest BCUT2D eigenvalue weighted by atomic mass is 9.85. The molecular weight excluding hydrogens is 296 g/mol. The molecule has 0 bridgehead atoms. The smallest absolute Gasteiger partial charge is 0.387 e. The number of halogens is 3. The van der Waals surface area contributed by atoms with E-state index in [1.807, 2.05) is 0 Å². The number of benzene rings is 1. The molecule has 1 N–H and O–H groups in total. The van der Waals surface area contributed by atoms with Crippen molar-refractivity contribution in [2.24, 2.45) is 17.8 Å². The molecule has 0 radical (unpaired) electrons. The first-order valence-corrected chi connectivity index (χ1v) is 7.63. The van der Waals surface area contributed by atoms with Gasteiger partial charge in [0.25, 0.3) is 0 Å². The van der Waals surface area contributed by atoms with Crippen LogP contribution in [-0.2, 0) is 6.54 Å². The summed E-state index contributed by atoms with van der Waals surface area (Å²) in [5, 5.41) is 3.83. The average molecular weight is 320 g/mol. The molecule has 0 amide bonds. The molecule has 1 aromatic carbocycles. The molecule has 0 unspecified atom stereocenters. The molecule has 0 saturated heterocycles.